The van der Waals surface area contributed by atoms with Crippen molar-refractivity contribution in [2.45, 2.75) is 50.6 Å². The van der Waals surface area contributed by atoms with E-state index in [1.807, 2.05) is 10.8 Å². The van der Waals surface area contributed by atoms with Crippen LogP contribution in [0.25, 0.3) is 0 Å². The van der Waals surface area contributed by atoms with E-state index in [0.717, 1.165) is 32.2 Å². The first-order chi connectivity index (χ1) is 8.68. The highest BCUT2D eigenvalue weighted by atomic mass is 16.1. The van der Waals surface area contributed by atoms with Gasteiger partial charge in [-0.15, -0.1) is 0 Å². The molecule has 5 nitrogen and oxygen atoms in total. The van der Waals surface area contributed by atoms with Crippen molar-refractivity contribution in [1.82, 2.24) is 14.9 Å². The summed E-state index contributed by atoms with van der Waals surface area (Å²) in [6, 6.07) is 0. The van der Waals surface area contributed by atoms with Crippen LogP contribution in [0.3, 0.4) is 0 Å². The lowest BCUT2D eigenvalue weighted by Crippen LogP contribution is -2.46. The quantitative estimate of drug-likeness (QED) is 0.820. The number of hydrogen-bond donors (Lipinski definition) is 2. The number of nitrogens with one attached hydrogen (secondary N) is 1. The summed E-state index contributed by atoms with van der Waals surface area (Å²) in [6.07, 6.45) is 11.3. The number of nitrogens with two attached hydrogens (primary N) is 1. The third-order valence-corrected chi connectivity index (χ3v) is 3.61. The second kappa shape index (κ2) is 6.00. The average Bonchev–Trinajstić information content (AvgIpc) is 2.82. The van der Waals surface area contributed by atoms with Crippen LogP contribution in [0.1, 0.15) is 38.5 Å². The van der Waals surface area contributed by atoms with E-state index in [-0.39, 0.29) is 11.4 Å². The molecular formula is C13H22N4O. The van der Waals surface area contributed by atoms with Gasteiger partial charge < -0.3 is 15.6 Å². The molecule has 0 radical (unpaired) electrons. The zero-order chi connectivity index (χ0) is 12.8. The number of aromatic nitrogens is 2. The summed E-state index contributed by atoms with van der Waals surface area (Å²) in [5.41, 5.74) is 5.98. The van der Waals surface area contributed by atoms with E-state index in [9.17, 15) is 4.79 Å². The molecule has 1 saturated carbocycles. The van der Waals surface area contributed by atoms with Crippen LogP contribution in [-0.4, -0.2) is 27.5 Å². The molecule has 3 N–H and O–H groups in total. The van der Waals surface area contributed by atoms with Gasteiger partial charge in [0.2, 0.25) is 5.91 Å². The van der Waals surface area contributed by atoms with E-state index in [1.165, 1.54) is 6.42 Å². The second-order valence-electron chi connectivity index (χ2n) is 5.25. The molecule has 0 bridgehead atoms. The SMILES string of the molecule is NC1(CC(=O)NCCn2ccnc2)CCCCC1. The molecule has 1 amide bonds. The van der Waals surface area contributed by atoms with E-state index >= 15 is 0 Å². The molecular weight excluding hydrogens is 228 g/mol. The normalized spacial score (nSPS) is 18.5. The summed E-state index contributed by atoms with van der Waals surface area (Å²) >= 11 is 0. The predicted molar refractivity (Wildman–Crippen MR) is 69.9 cm³/mol. The number of carbonyl (C=O) groups is 1. The van der Waals surface area contributed by atoms with Crippen molar-refractivity contribution in [2.75, 3.05) is 6.54 Å². The van der Waals surface area contributed by atoms with Gasteiger partial charge in [-0.2, -0.15) is 0 Å². The Labute approximate surface area is 108 Å². The Morgan fingerprint density at radius 1 is 1.39 bits per heavy atom. The van der Waals surface area contributed by atoms with Crippen molar-refractivity contribution in [2.24, 2.45) is 5.73 Å². The highest BCUT2D eigenvalue weighted by Crippen LogP contribution is 2.28. The lowest BCUT2D eigenvalue weighted by Gasteiger charge is -2.32. The summed E-state index contributed by atoms with van der Waals surface area (Å²) in [6.45, 7) is 1.38. The van der Waals surface area contributed by atoms with E-state index in [2.05, 4.69) is 10.3 Å². The highest BCUT2D eigenvalue weighted by Gasteiger charge is 2.29. The van der Waals surface area contributed by atoms with Gasteiger partial charge in [-0.05, 0) is 12.8 Å². The molecule has 1 aliphatic rings. The van der Waals surface area contributed by atoms with Crippen molar-refractivity contribution in [1.29, 1.82) is 0 Å². The van der Waals surface area contributed by atoms with Gasteiger partial charge in [-0.3, -0.25) is 4.79 Å². The van der Waals surface area contributed by atoms with Crippen LogP contribution in [0, 0.1) is 0 Å². The van der Waals surface area contributed by atoms with Gasteiger partial charge in [0.15, 0.2) is 0 Å². The molecule has 0 spiro atoms. The molecule has 0 aliphatic heterocycles. The summed E-state index contributed by atoms with van der Waals surface area (Å²) in [5, 5.41) is 2.93. The monoisotopic (exact) mass is 250 g/mol. The summed E-state index contributed by atoms with van der Waals surface area (Å²) < 4.78 is 1.94. The first kappa shape index (κ1) is 13.1. The smallest absolute Gasteiger partial charge is 0.221 e. The molecule has 0 atom stereocenters. The molecule has 1 aliphatic carbocycles. The fourth-order valence-electron chi connectivity index (χ4n) is 2.56. The highest BCUT2D eigenvalue weighted by molar-refractivity contribution is 5.77. The maximum absolute atomic E-state index is 11.8. The minimum absolute atomic E-state index is 0.0690. The minimum Gasteiger partial charge on any atom is -0.354 e. The number of carbonyl (C=O) groups excluding carboxylic acids is 1. The van der Waals surface area contributed by atoms with Crippen molar-refractivity contribution in [3.8, 4) is 0 Å². The summed E-state index contributed by atoms with van der Waals surface area (Å²) in [7, 11) is 0. The van der Waals surface area contributed by atoms with E-state index < -0.39 is 0 Å². The third kappa shape index (κ3) is 3.84. The van der Waals surface area contributed by atoms with E-state index in [4.69, 9.17) is 5.73 Å². The molecule has 1 heterocycles. The topological polar surface area (TPSA) is 72.9 Å². The van der Waals surface area contributed by atoms with Crippen LogP contribution < -0.4 is 11.1 Å². The van der Waals surface area contributed by atoms with Gasteiger partial charge in [0.05, 0.1) is 6.33 Å². The Morgan fingerprint density at radius 3 is 2.83 bits per heavy atom. The molecule has 0 saturated heterocycles. The number of amides is 1. The molecule has 1 aromatic rings. The fourth-order valence-corrected chi connectivity index (χ4v) is 2.56. The van der Waals surface area contributed by atoms with Gasteiger partial charge >= 0.3 is 0 Å². The number of nitrogens with zero attached hydrogens (tertiary/aromatic N) is 2. The lowest BCUT2D eigenvalue weighted by molar-refractivity contribution is -0.122. The van der Waals surface area contributed by atoms with Crippen LogP contribution in [0.2, 0.25) is 0 Å². The molecule has 0 unspecified atom stereocenters. The molecule has 18 heavy (non-hydrogen) atoms. The van der Waals surface area contributed by atoms with Crippen LogP contribution >= 0.6 is 0 Å². The lowest BCUT2D eigenvalue weighted by atomic mass is 9.80. The Morgan fingerprint density at radius 2 is 2.17 bits per heavy atom. The molecule has 100 valence electrons. The zero-order valence-corrected chi connectivity index (χ0v) is 10.8. The van der Waals surface area contributed by atoms with E-state index in [1.54, 1.807) is 12.5 Å². The Hall–Kier alpha value is -1.36. The first-order valence-electron chi connectivity index (χ1n) is 6.69. The maximum atomic E-state index is 11.8. The standard InChI is InChI=1S/C13H22N4O/c14-13(4-2-1-3-5-13)10-12(18)16-7-9-17-8-6-15-11-17/h6,8,11H,1-5,7,9-10,14H2,(H,16,18). The van der Waals surface area contributed by atoms with Gasteiger partial charge in [0.25, 0.3) is 0 Å². The Bertz CT molecular complexity index is 368. The first-order valence-corrected chi connectivity index (χ1v) is 6.69. The summed E-state index contributed by atoms with van der Waals surface area (Å²) in [5.74, 6) is 0.0690. The van der Waals surface area contributed by atoms with Gasteiger partial charge in [0, 0.05) is 37.4 Å². The Balaban J connectivity index is 1.68. The van der Waals surface area contributed by atoms with Crippen molar-refractivity contribution in [3.63, 3.8) is 0 Å². The molecule has 5 heteroatoms. The van der Waals surface area contributed by atoms with Gasteiger partial charge in [-0.1, -0.05) is 19.3 Å². The number of hydrogen-bond acceptors (Lipinski definition) is 3. The van der Waals surface area contributed by atoms with Gasteiger partial charge in [-0.25, -0.2) is 4.98 Å². The van der Waals surface area contributed by atoms with Crippen LogP contribution in [0.4, 0.5) is 0 Å². The largest absolute Gasteiger partial charge is 0.354 e. The van der Waals surface area contributed by atoms with Crippen molar-refractivity contribution >= 4 is 5.91 Å². The van der Waals surface area contributed by atoms with Crippen LogP contribution in [0.5, 0.6) is 0 Å². The van der Waals surface area contributed by atoms with E-state index in [0.29, 0.717) is 13.0 Å². The zero-order valence-electron chi connectivity index (χ0n) is 10.8. The number of rotatable bonds is 5. The number of imidazole rings is 1. The second-order valence-corrected chi connectivity index (χ2v) is 5.25. The van der Waals surface area contributed by atoms with Gasteiger partial charge in [0.1, 0.15) is 0 Å². The average molecular weight is 250 g/mol. The summed E-state index contributed by atoms with van der Waals surface area (Å²) in [4.78, 5) is 15.8. The maximum Gasteiger partial charge on any atom is 0.221 e. The minimum atomic E-state index is -0.267. The fraction of sp³-hybridized carbons (Fsp3) is 0.692. The van der Waals surface area contributed by atoms with Crippen molar-refractivity contribution < 1.29 is 4.79 Å². The van der Waals surface area contributed by atoms with Crippen molar-refractivity contribution in [3.05, 3.63) is 18.7 Å². The predicted octanol–water partition coefficient (Wildman–Crippen LogP) is 1.05. The molecule has 1 aromatic heterocycles. The molecule has 2 rings (SSSR count). The van der Waals surface area contributed by atoms with Crippen LogP contribution in [0.15, 0.2) is 18.7 Å². The molecule has 1 fully saturated rings. The molecule has 0 aromatic carbocycles. The van der Waals surface area contributed by atoms with Crippen LogP contribution in [-0.2, 0) is 11.3 Å². The third-order valence-electron chi connectivity index (χ3n) is 3.61. The Kier molecular flexibility index (Phi) is 4.36.